The summed E-state index contributed by atoms with van der Waals surface area (Å²) in [5.41, 5.74) is 2.03. The van der Waals surface area contributed by atoms with Crippen molar-refractivity contribution in [3.05, 3.63) is 59.7 Å². The Morgan fingerprint density at radius 2 is 1.90 bits per heavy atom. The third-order valence-electron chi connectivity index (χ3n) is 4.36. The number of nitrogens with one attached hydrogen (secondary N) is 3. The Morgan fingerprint density at radius 1 is 1.14 bits per heavy atom. The average Bonchev–Trinajstić information content (AvgIpc) is 2.92. The summed E-state index contributed by atoms with van der Waals surface area (Å²) >= 11 is 0. The Labute approximate surface area is 169 Å². The van der Waals surface area contributed by atoms with E-state index in [0.717, 1.165) is 5.56 Å². The molecule has 8 nitrogen and oxygen atoms in total. The van der Waals surface area contributed by atoms with Crippen LogP contribution in [-0.2, 0) is 19.6 Å². The maximum absolute atomic E-state index is 12.2. The quantitative estimate of drug-likeness (QED) is 0.670. The maximum Gasteiger partial charge on any atom is 0.263 e. The Balaban J connectivity index is 1.58. The summed E-state index contributed by atoms with van der Waals surface area (Å²) in [4.78, 5) is 27.9. The molecule has 2 aromatic carbocycles. The van der Waals surface area contributed by atoms with Crippen LogP contribution in [0.5, 0.6) is 0 Å². The highest BCUT2D eigenvalue weighted by Gasteiger charge is 2.29. The number of carbonyl (C=O) groups is 2. The largest absolute Gasteiger partial charge is 0.350 e. The summed E-state index contributed by atoms with van der Waals surface area (Å²) in [5.74, 6) is -0.118. The maximum atomic E-state index is 12.2. The molecule has 29 heavy (non-hydrogen) atoms. The van der Waals surface area contributed by atoms with Crippen molar-refractivity contribution >= 4 is 33.4 Å². The molecule has 2 amide bonds. The summed E-state index contributed by atoms with van der Waals surface area (Å²) in [5, 5.41) is 5.59. The number of sulfonamides is 1. The summed E-state index contributed by atoms with van der Waals surface area (Å²) < 4.78 is 26.5. The van der Waals surface area contributed by atoms with Crippen molar-refractivity contribution in [1.82, 2.24) is 10.0 Å². The fourth-order valence-electron chi connectivity index (χ4n) is 3.01. The van der Waals surface area contributed by atoms with Gasteiger partial charge in [-0.05, 0) is 36.8 Å². The number of amides is 2. The van der Waals surface area contributed by atoms with Crippen LogP contribution in [0.3, 0.4) is 0 Å². The third-order valence-corrected chi connectivity index (χ3v) is 5.75. The minimum Gasteiger partial charge on any atom is -0.350 e. The second-order valence-electron chi connectivity index (χ2n) is 6.68. The van der Waals surface area contributed by atoms with Gasteiger partial charge in [-0.15, -0.1) is 0 Å². The van der Waals surface area contributed by atoms with E-state index in [1.165, 1.54) is 13.0 Å². The highest BCUT2D eigenvalue weighted by molar-refractivity contribution is 7.90. The Kier molecular flexibility index (Phi) is 5.97. The zero-order valence-corrected chi connectivity index (χ0v) is 16.9. The van der Waals surface area contributed by atoms with E-state index >= 15 is 0 Å². The van der Waals surface area contributed by atoms with Gasteiger partial charge < -0.3 is 10.6 Å². The lowest BCUT2D eigenvalue weighted by molar-refractivity contribution is -0.121. The van der Waals surface area contributed by atoms with Crippen molar-refractivity contribution < 1.29 is 18.0 Å². The monoisotopic (exact) mass is 414 g/mol. The van der Waals surface area contributed by atoms with Gasteiger partial charge in [0.2, 0.25) is 11.8 Å². The highest BCUT2D eigenvalue weighted by atomic mass is 32.2. The van der Waals surface area contributed by atoms with Crippen molar-refractivity contribution in [2.75, 3.05) is 11.9 Å². The second kappa shape index (κ2) is 8.44. The molecule has 0 bridgehead atoms. The molecule has 3 N–H and O–H groups in total. The molecule has 0 aliphatic carbocycles. The van der Waals surface area contributed by atoms with Crippen molar-refractivity contribution in [3.8, 4) is 0 Å². The van der Waals surface area contributed by atoms with Gasteiger partial charge in [0.15, 0.2) is 0 Å². The van der Waals surface area contributed by atoms with Crippen molar-refractivity contribution in [1.29, 1.82) is 0 Å². The van der Waals surface area contributed by atoms with Gasteiger partial charge in [0, 0.05) is 24.6 Å². The van der Waals surface area contributed by atoms with E-state index in [1.807, 2.05) is 13.0 Å². The number of hydrogen-bond acceptors (Lipinski definition) is 5. The number of anilines is 1. The standard InChI is InChI=1S/C20H22N4O4S/c1-13(15-6-5-7-16(12-15)23-14(2)25)22-19(26)10-11-21-20-17-8-3-4-9-18(17)29(27,28)24-20/h3-9,12-13H,10-11H2,1-2H3,(H,21,24)(H,22,26)(H,23,25). The summed E-state index contributed by atoms with van der Waals surface area (Å²) in [6.45, 7) is 3.43. The lowest BCUT2D eigenvalue weighted by Gasteiger charge is -2.15. The lowest BCUT2D eigenvalue weighted by atomic mass is 10.1. The van der Waals surface area contributed by atoms with Gasteiger partial charge in [0.05, 0.1) is 17.5 Å². The second-order valence-corrected chi connectivity index (χ2v) is 8.33. The van der Waals surface area contributed by atoms with Crippen LogP contribution in [0.1, 0.15) is 37.4 Å². The molecule has 1 atom stereocenters. The van der Waals surface area contributed by atoms with Crippen LogP contribution in [0.25, 0.3) is 0 Å². The molecule has 1 unspecified atom stereocenters. The molecule has 0 saturated heterocycles. The van der Waals surface area contributed by atoms with Gasteiger partial charge in [-0.2, -0.15) is 0 Å². The zero-order chi connectivity index (χ0) is 21.0. The number of nitrogens with zero attached hydrogens (tertiary/aromatic N) is 1. The molecule has 1 aliphatic rings. The minimum absolute atomic E-state index is 0.114. The van der Waals surface area contributed by atoms with Gasteiger partial charge in [-0.25, -0.2) is 8.42 Å². The van der Waals surface area contributed by atoms with Crippen LogP contribution in [0.2, 0.25) is 0 Å². The van der Waals surface area contributed by atoms with Crippen LogP contribution in [0.15, 0.2) is 58.4 Å². The zero-order valence-electron chi connectivity index (χ0n) is 16.1. The molecule has 3 rings (SSSR count). The fraction of sp³-hybridized carbons (Fsp3) is 0.250. The fourth-order valence-corrected chi connectivity index (χ4v) is 4.26. The summed E-state index contributed by atoms with van der Waals surface area (Å²) in [6.07, 6.45) is 0.114. The average molecular weight is 414 g/mol. The third kappa shape index (κ3) is 5.00. The van der Waals surface area contributed by atoms with E-state index in [4.69, 9.17) is 0 Å². The predicted molar refractivity (Wildman–Crippen MR) is 110 cm³/mol. The van der Waals surface area contributed by atoms with Crippen LogP contribution in [0, 0.1) is 0 Å². The van der Waals surface area contributed by atoms with E-state index in [0.29, 0.717) is 11.3 Å². The molecular weight excluding hydrogens is 392 g/mol. The minimum atomic E-state index is -3.58. The van der Waals surface area contributed by atoms with Crippen molar-refractivity contribution in [3.63, 3.8) is 0 Å². The van der Waals surface area contributed by atoms with Gasteiger partial charge in [0.1, 0.15) is 5.84 Å². The van der Waals surface area contributed by atoms with Gasteiger partial charge in [-0.1, -0.05) is 24.3 Å². The number of hydrogen-bond donors (Lipinski definition) is 3. The van der Waals surface area contributed by atoms with E-state index in [9.17, 15) is 18.0 Å². The molecule has 1 aliphatic heterocycles. The smallest absolute Gasteiger partial charge is 0.263 e. The highest BCUT2D eigenvalue weighted by Crippen LogP contribution is 2.22. The Morgan fingerprint density at radius 3 is 2.66 bits per heavy atom. The number of aliphatic imine (C=N–C) groups is 1. The van der Waals surface area contributed by atoms with Crippen LogP contribution in [0.4, 0.5) is 5.69 Å². The van der Waals surface area contributed by atoms with Gasteiger partial charge >= 0.3 is 0 Å². The van der Waals surface area contributed by atoms with Crippen LogP contribution < -0.4 is 15.4 Å². The van der Waals surface area contributed by atoms with Crippen molar-refractivity contribution in [2.45, 2.75) is 31.2 Å². The summed E-state index contributed by atoms with van der Waals surface area (Å²) in [7, 11) is -3.58. The number of benzene rings is 2. The Hall–Kier alpha value is -3.20. The normalized spacial score (nSPS) is 16.6. The summed E-state index contributed by atoms with van der Waals surface area (Å²) in [6, 6.07) is 13.6. The molecular formula is C20H22N4O4S. The molecule has 0 spiro atoms. The first kappa shape index (κ1) is 20.5. The first-order valence-corrected chi connectivity index (χ1v) is 10.6. The molecule has 0 aromatic heterocycles. The molecule has 0 fully saturated rings. The predicted octanol–water partition coefficient (Wildman–Crippen LogP) is 1.95. The number of carbonyl (C=O) groups excluding carboxylic acids is 2. The first-order chi connectivity index (χ1) is 13.8. The van der Waals surface area contributed by atoms with Crippen LogP contribution >= 0.6 is 0 Å². The number of fused-ring (bicyclic) bond motifs is 1. The molecule has 0 saturated carbocycles. The number of rotatable bonds is 6. The van der Waals surface area contributed by atoms with E-state index in [1.54, 1.807) is 36.4 Å². The van der Waals surface area contributed by atoms with Crippen LogP contribution in [-0.4, -0.2) is 32.6 Å². The molecule has 0 radical (unpaired) electrons. The molecule has 1 heterocycles. The van der Waals surface area contributed by atoms with Gasteiger partial charge in [0.25, 0.3) is 10.0 Å². The molecule has 9 heteroatoms. The topological polar surface area (TPSA) is 117 Å². The molecule has 2 aromatic rings. The van der Waals surface area contributed by atoms with E-state index < -0.39 is 10.0 Å². The first-order valence-electron chi connectivity index (χ1n) is 9.10. The number of amidine groups is 1. The molecule has 152 valence electrons. The van der Waals surface area contributed by atoms with E-state index in [2.05, 4.69) is 20.3 Å². The van der Waals surface area contributed by atoms with Gasteiger partial charge in [-0.3, -0.25) is 19.3 Å². The Bertz CT molecular complexity index is 1080. The lowest BCUT2D eigenvalue weighted by Crippen LogP contribution is -2.27. The van der Waals surface area contributed by atoms with E-state index in [-0.39, 0.29) is 41.6 Å². The SMILES string of the molecule is CC(=O)Nc1cccc(C(C)NC(=O)CCN=C2NS(=O)(=O)c3ccccc32)c1. The van der Waals surface area contributed by atoms with Crippen molar-refractivity contribution in [2.24, 2.45) is 4.99 Å².